The van der Waals surface area contributed by atoms with Gasteiger partial charge in [-0.15, -0.1) is 0 Å². The third kappa shape index (κ3) is 68.6. The first-order valence-electron chi connectivity index (χ1n) is 35.9. The van der Waals surface area contributed by atoms with E-state index in [0.717, 1.165) is 96.3 Å². The van der Waals surface area contributed by atoms with Crippen LogP contribution in [-0.4, -0.2) is 49.3 Å². The van der Waals surface area contributed by atoms with Crippen LogP contribution in [0.2, 0.25) is 0 Å². The number of carbonyl (C=O) groups excluding carboxylic acids is 2. The van der Waals surface area contributed by atoms with Crippen molar-refractivity contribution in [2.75, 3.05) is 26.4 Å². The van der Waals surface area contributed by atoms with Gasteiger partial charge in [0.05, 0.1) is 13.2 Å². The largest absolute Gasteiger partial charge is 0.472 e. The van der Waals surface area contributed by atoms with E-state index in [4.69, 9.17) is 24.3 Å². The maximum atomic E-state index is 12.7. The quantitative estimate of drug-likeness (QED) is 0.0264. The standard InChI is InChI=1S/C74H136NO8P/c1-3-5-7-9-11-13-15-17-19-21-23-25-27-29-30-31-32-33-34-35-36-37-38-39-40-41-43-44-46-48-50-52-54-56-58-60-62-64-66-73(76)80-70-72(71-82-84(78,79)81-69-68-75)83-74(77)67-65-63-61-59-57-55-53-51-49-47-45-42-28-26-24-22-20-18-16-14-12-10-8-6-4-2/h6,8,12,14,18,20,24,26,42,45,49,51,72H,3-5,7,9-11,13,15-17,19,21-23,25,27-41,43-44,46-48,50,52-71,75H2,1-2H3,(H,78,79)/b8-6-,14-12-,20-18-,26-24-,45-42-,51-49-. The van der Waals surface area contributed by atoms with Gasteiger partial charge in [-0.1, -0.05) is 350 Å². The lowest BCUT2D eigenvalue weighted by Gasteiger charge is -2.19. The second kappa shape index (κ2) is 69.5. The van der Waals surface area contributed by atoms with E-state index in [1.165, 1.54) is 225 Å². The van der Waals surface area contributed by atoms with E-state index in [0.29, 0.717) is 6.42 Å². The molecule has 0 radical (unpaired) electrons. The average molecular weight is 1200 g/mol. The number of carbonyl (C=O) groups is 2. The van der Waals surface area contributed by atoms with Crippen LogP contribution in [0.4, 0.5) is 0 Å². The number of unbranched alkanes of at least 4 members (excludes halogenated alkanes) is 43. The zero-order chi connectivity index (χ0) is 60.9. The Kier molecular flexibility index (Phi) is 67.4. The lowest BCUT2D eigenvalue weighted by Crippen LogP contribution is -2.29. The number of phosphoric ester groups is 1. The van der Waals surface area contributed by atoms with Gasteiger partial charge in [0.25, 0.3) is 0 Å². The first-order chi connectivity index (χ1) is 41.3. The van der Waals surface area contributed by atoms with Crippen molar-refractivity contribution in [1.29, 1.82) is 0 Å². The van der Waals surface area contributed by atoms with E-state index >= 15 is 0 Å². The molecule has 84 heavy (non-hydrogen) atoms. The second-order valence-electron chi connectivity index (χ2n) is 24.1. The van der Waals surface area contributed by atoms with Gasteiger partial charge in [0.2, 0.25) is 0 Å². The number of allylic oxidation sites excluding steroid dienone is 12. The van der Waals surface area contributed by atoms with Crippen molar-refractivity contribution >= 4 is 19.8 Å². The summed E-state index contributed by atoms with van der Waals surface area (Å²) in [6.45, 7) is 3.66. The van der Waals surface area contributed by atoms with Crippen molar-refractivity contribution in [3.05, 3.63) is 72.9 Å². The van der Waals surface area contributed by atoms with E-state index in [1.54, 1.807) is 0 Å². The van der Waals surface area contributed by atoms with Crippen molar-refractivity contribution in [3.8, 4) is 0 Å². The van der Waals surface area contributed by atoms with E-state index < -0.39 is 26.5 Å². The summed E-state index contributed by atoms with van der Waals surface area (Å²) in [5.41, 5.74) is 5.40. The van der Waals surface area contributed by atoms with Crippen molar-refractivity contribution in [2.45, 2.75) is 360 Å². The Labute approximate surface area is 520 Å². The molecule has 0 saturated carbocycles. The van der Waals surface area contributed by atoms with Gasteiger partial charge < -0.3 is 20.1 Å². The Balaban J connectivity index is 3.81. The van der Waals surface area contributed by atoms with Crippen LogP contribution in [0.15, 0.2) is 72.9 Å². The minimum atomic E-state index is -4.40. The van der Waals surface area contributed by atoms with Gasteiger partial charge >= 0.3 is 19.8 Å². The fraction of sp³-hybridized carbons (Fsp3) is 0.811. The van der Waals surface area contributed by atoms with Crippen molar-refractivity contribution < 1.29 is 37.6 Å². The molecule has 10 heteroatoms. The van der Waals surface area contributed by atoms with E-state index in [1.807, 2.05) is 0 Å². The maximum Gasteiger partial charge on any atom is 0.472 e. The summed E-state index contributed by atoms with van der Waals surface area (Å²) in [4.78, 5) is 35.3. The fourth-order valence-electron chi connectivity index (χ4n) is 10.6. The molecule has 0 spiro atoms. The number of hydrogen-bond acceptors (Lipinski definition) is 8. The highest BCUT2D eigenvalue weighted by Gasteiger charge is 2.26. The van der Waals surface area contributed by atoms with Gasteiger partial charge in [-0.2, -0.15) is 0 Å². The van der Waals surface area contributed by atoms with Crippen LogP contribution in [0.5, 0.6) is 0 Å². The number of nitrogens with two attached hydrogens (primary N) is 1. The Morgan fingerprint density at radius 1 is 0.369 bits per heavy atom. The van der Waals surface area contributed by atoms with Crippen molar-refractivity contribution in [2.24, 2.45) is 5.73 Å². The van der Waals surface area contributed by atoms with Crippen LogP contribution in [0, 0.1) is 0 Å². The van der Waals surface area contributed by atoms with E-state index in [9.17, 15) is 19.0 Å². The monoisotopic (exact) mass is 1200 g/mol. The van der Waals surface area contributed by atoms with Gasteiger partial charge in [-0.25, -0.2) is 4.57 Å². The van der Waals surface area contributed by atoms with Crippen molar-refractivity contribution in [1.82, 2.24) is 0 Å². The number of esters is 2. The van der Waals surface area contributed by atoms with Gasteiger partial charge in [0.1, 0.15) is 6.61 Å². The molecule has 0 aromatic carbocycles. The SMILES string of the molecule is CC/C=C\C/C=C\C/C=C\C/C=C\C/C=C\C/C=C\CCCCCCCCC(=O)OC(COC(=O)CCCCCCCCCCCCCCCCCCCCCCCCCCCCCCCCCCCCCCCC)COP(=O)(O)OCCN. The maximum absolute atomic E-state index is 12.7. The molecule has 0 fully saturated rings. The molecule has 0 rings (SSSR count). The van der Waals surface area contributed by atoms with E-state index in [-0.39, 0.29) is 38.6 Å². The summed E-state index contributed by atoms with van der Waals surface area (Å²) in [7, 11) is -4.40. The molecule has 0 aliphatic carbocycles. The molecule has 0 saturated heterocycles. The van der Waals surface area contributed by atoms with Crippen LogP contribution in [0.3, 0.4) is 0 Å². The lowest BCUT2D eigenvalue weighted by atomic mass is 10.0. The molecule has 0 aliphatic rings. The lowest BCUT2D eigenvalue weighted by molar-refractivity contribution is -0.161. The molecular weight excluding hydrogens is 1060 g/mol. The third-order valence-corrected chi connectivity index (χ3v) is 16.8. The highest BCUT2D eigenvalue weighted by atomic mass is 31.2. The average Bonchev–Trinajstić information content (AvgIpc) is 3.55. The second-order valence-corrected chi connectivity index (χ2v) is 25.5. The minimum Gasteiger partial charge on any atom is -0.462 e. The zero-order valence-corrected chi connectivity index (χ0v) is 56.0. The number of ether oxygens (including phenoxy) is 2. The van der Waals surface area contributed by atoms with Gasteiger partial charge in [0.15, 0.2) is 6.10 Å². The summed E-state index contributed by atoms with van der Waals surface area (Å²) in [5, 5.41) is 0. The summed E-state index contributed by atoms with van der Waals surface area (Å²) < 4.78 is 33.2. The molecular formula is C74H136NO8P. The normalized spacial score (nSPS) is 13.3. The van der Waals surface area contributed by atoms with Crippen LogP contribution in [0.25, 0.3) is 0 Å². The Morgan fingerprint density at radius 2 is 0.655 bits per heavy atom. The highest BCUT2D eigenvalue weighted by molar-refractivity contribution is 7.47. The van der Waals surface area contributed by atoms with Crippen LogP contribution in [0.1, 0.15) is 354 Å². The van der Waals surface area contributed by atoms with Crippen LogP contribution >= 0.6 is 7.82 Å². The summed E-state index contributed by atoms with van der Waals surface area (Å²) in [6.07, 6.45) is 91.7. The summed E-state index contributed by atoms with van der Waals surface area (Å²) in [6, 6.07) is 0. The molecule has 2 atom stereocenters. The molecule has 0 amide bonds. The first-order valence-corrected chi connectivity index (χ1v) is 37.4. The topological polar surface area (TPSA) is 134 Å². The molecule has 0 aromatic heterocycles. The smallest absolute Gasteiger partial charge is 0.462 e. The zero-order valence-electron chi connectivity index (χ0n) is 55.1. The molecule has 0 aromatic rings. The molecule has 0 bridgehead atoms. The fourth-order valence-corrected chi connectivity index (χ4v) is 11.4. The Hall–Kier alpha value is -2.55. The first kappa shape index (κ1) is 81.5. The minimum absolute atomic E-state index is 0.0488. The van der Waals surface area contributed by atoms with Crippen molar-refractivity contribution in [3.63, 3.8) is 0 Å². The Morgan fingerprint density at radius 3 is 0.976 bits per heavy atom. The van der Waals surface area contributed by atoms with Gasteiger partial charge in [-0.05, 0) is 64.2 Å². The molecule has 0 aliphatic heterocycles. The molecule has 3 N–H and O–H groups in total. The van der Waals surface area contributed by atoms with Gasteiger partial charge in [-0.3, -0.25) is 18.6 Å². The third-order valence-electron chi connectivity index (χ3n) is 15.9. The number of phosphoric acid groups is 1. The van der Waals surface area contributed by atoms with Gasteiger partial charge in [0, 0.05) is 19.4 Å². The van der Waals surface area contributed by atoms with Crippen LogP contribution < -0.4 is 5.73 Å². The predicted molar refractivity (Wildman–Crippen MR) is 363 cm³/mol. The number of hydrogen-bond donors (Lipinski definition) is 2. The molecule has 9 nitrogen and oxygen atoms in total. The molecule has 490 valence electrons. The summed E-state index contributed by atoms with van der Waals surface area (Å²) in [5.74, 6) is -0.834. The highest BCUT2D eigenvalue weighted by Crippen LogP contribution is 2.43. The molecule has 0 heterocycles. The van der Waals surface area contributed by atoms with Crippen LogP contribution in [-0.2, 0) is 32.7 Å². The Bertz CT molecular complexity index is 1610. The summed E-state index contributed by atoms with van der Waals surface area (Å²) >= 11 is 0. The van der Waals surface area contributed by atoms with E-state index in [2.05, 4.69) is 86.8 Å². The predicted octanol–water partition coefficient (Wildman–Crippen LogP) is 23.6. The number of rotatable bonds is 68. The molecule has 2 unspecified atom stereocenters.